The second-order valence-electron chi connectivity index (χ2n) is 2.07. The molecule has 1 aliphatic rings. The largest absolute Gasteiger partial charge is 0.367 e. The Hall–Kier alpha value is -1.22. The van der Waals surface area contributed by atoms with Gasteiger partial charge in [-0.05, 0) is 12.1 Å². The van der Waals surface area contributed by atoms with Crippen LogP contribution in [0, 0.1) is 0 Å². The highest BCUT2D eigenvalue weighted by Crippen LogP contribution is 2.31. The molecular weight excluding hydrogens is 130 g/mol. The van der Waals surface area contributed by atoms with Crippen molar-refractivity contribution in [3.05, 3.63) is 24.3 Å². The van der Waals surface area contributed by atoms with Crippen molar-refractivity contribution in [3.63, 3.8) is 0 Å². The van der Waals surface area contributed by atoms with E-state index in [1.165, 1.54) is 5.23 Å². The first-order chi connectivity index (χ1) is 4.86. The van der Waals surface area contributed by atoms with Crippen LogP contribution in [-0.4, -0.2) is 12.3 Å². The topological polar surface area (TPSA) is 21.7 Å². The summed E-state index contributed by atoms with van der Waals surface area (Å²) in [5.74, 6) is 1.54. The second kappa shape index (κ2) is 1.88. The molecule has 0 atom stereocenters. The van der Waals surface area contributed by atoms with E-state index in [2.05, 4.69) is 0 Å². The SMILES string of the molecule is CN1Oc2ccccc2O1. The monoisotopic (exact) mass is 137 g/mol. The summed E-state index contributed by atoms with van der Waals surface area (Å²) in [6.45, 7) is 0. The summed E-state index contributed by atoms with van der Waals surface area (Å²) in [5, 5.41) is 1.32. The van der Waals surface area contributed by atoms with E-state index in [0.29, 0.717) is 0 Å². The Labute approximate surface area is 58.7 Å². The van der Waals surface area contributed by atoms with Crippen LogP contribution in [0.5, 0.6) is 11.5 Å². The Bertz CT molecular complexity index is 224. The van der Waals surface area contributed by atoms with Crippen LogP contribution >= 0.6 is 0 Å². The first-order valence-electron chi connectivity index (χ1n) is 3.05. The van der Waals surface area contributed by atoms with Gasteiger partial charge in [0.2, 0.25) is 0 Å². The number of fused-ring (bicyclic) bond motifs is 1. The Kier molecular flexibility index (Phi) is 1.05. The molecule has 0 saturated heterocycles. The average Bonchev–Trinajstić information content (AvgIpc) is 2.27. The first kappa shape index (κ1) is 5.56. The van der Waals surface area contributed by atoms with E-state index < -0.39 is 0 Å². The molecule has 1 aromatic carbocycles. The van der Waals surface area contributed by atoms with Gasteiger partial charge in [0, 0.05) is 5.23 Å². The highest BCUT2D eigenvalue weighted by atomic mass is 17.0. The summed E-state index contributed by atoms with van der Waals surface area (Å²) in [4.78, 5) is 10.2. The molecular formula is C7H7NO2. The van der Waals surface area contributed by atoms with Gasteiger partial charge in [-0.15, -0.1) is 0 Å². The fourth-order valence-electron chi connectivity index (χ4n) is 0.897. The first-order valence-corrected chi connectivity index (χ1v) is 3.05. The molecule has 2 rings (SSSR count). The minimum absolute atomic E-state index is 0.769. The third-order valence-electron chi connectivity index (χ3n) is 1.30. The summed E-state index contributed by atoms with van der Waals surface area (Å²) in [7, 11) is 1.71. The molecule has 0 aliphatic carbocycles. The van der Waals surface area contributed by atoms with Crippen molar-refractivity contribution < 1.29 is 9.68 Å². The van der Waals surface area contributed by atoms with E-state index >= 15 is 0 Å². The van der Waals surface area contributed by atoms with E-state index in [4.69, 9.17) is 9.68 Å². The number of benzene rings is 1. The molecule has 0 N–H and O–H groups in total. The molecule has 3 heteroatoms. The van der Waals surface area contributed by atoms with Crippen molar-refractivity contribution in [1.82, 2.24) is 5.23 Å². The molecule has 0 bridgehead atoms. The third kappa shape index (κ3) is 0.717. The van der Waals surface area contributed by atoms with Gasteiger partial charge in [-0.3, -0.25) is 0 Å². The quantitative estimate of drug-likeness (QED) is 0.536. The zero-order valence-electron chi connectivity index (χ0n) is 5.57. The van der Waals surface area contributed by atoms with Crippen molar-refractivity contribution in [3.8, 4) is 11.5 Å². The standard InChI is InChI=1S/C7H7NO2/c1-8-9-6-4-2-3-5-7(6)10-8/h2-5H,1H3. The van der Waals surface area contributed by atoms with Gasteiger partial charge in [0.15, 0.2) is 11.5 Å². The fraction of sp³-hybridized carbons (Fsp3) is 0.143. The van der Waals surface area contributed by atoms with Crippen LogP contribution in [-0.2, 0) is 0 Å². The molecule has 0 saturated carbocycles. The van der Waals surface area contributed by atoms with Crippen molar-refractivity contribution in [2.24, 2.45) is 0 Å². The maximum absolute atomic E-state index is 5.12. The molecule has 0 aromatic heterocycles. The molecule has 0 spiro atoms. The van der Waals surface area contributed by atoms with Crippen LogP contribution in [0.15, 0.2) is 24.3 Å². The average molecular weight is 137 g/mol. The Morgan fingerprint density at radius 3 is 2.10 bits per heavy atom. The van der Waals surface area contributed by atoms with Crippen molar-refractivity contribution in [2.75, 3.05) is 7.05 Å². The van der Waals surface area contributed by atoms with Crippen LogP contribution in [0.25, 0.3) is 0 Å². The fourth-order valence-corrected chi connectivity index (χ4v) is 0.897. The molecule has 0 unspecified atom stereocenters. The lowest BCUT2D eigenvalue weighted by atomic mass is 10.3. The van der Waals surface area contributed by atoms with Crippen LogP contribution < -0.4 is 9.68 Å². The smallest absolute Gasteiger partial charge is 0.196 e. The van der Waals surface area contributed by atoms with Gasteiger partial charge in [-0.2, -0.15) is 0 Å². The van der Waals surface area contributed by atoms with Crippen LogP contribution in [0.3, 0.4) is 0 Å². The van der Waals surface area contributed by atoms with Gasteiger partial charge in [0.1, 0.15) is 0 Å². The Morgan fingerprint density at radius 2 is 1.60 bits per heavy atom. The summed E-state index contributed by atoms with van der Waals surface area (Å²) >= 11 is 0. The molecule has 3 nitrogen and oxygen atoms in total. The van der Waals surface area contributed by atoms with E-state index in [1.807, 2.05) is 24.3 Å². The van der Waals surface area contributed by atoms with Gasteiger partial charge in [-0.1, -0.05) is 12.1 Å². The third-order valence-corrected chi connectivity index (χ3v) is 1.30. The highest BCUT2D eigenvalue weighted by molar-refractivity contribution is 5.40. The van der Waals surface area contributed by atoms with Gasteiger partial charge < -0.3 is 9.68 Å². The Morgan fingerprint density at radius 1 is 1.10 bits per heavy atom. The normalized spacial score (nSPS) is 15.7. The molecule has 10 heavy (non-hydrogen) atoms. The number of rotatable bonds is 0. The molecule has 1 aromatic rings. The summed E-state index contributed by atoms with van der Waals surface area (Å²) in [6, 6.07) is 7.53. The van der Waals surface area contributed by atoms with E-state index in [-0.39, 0.29) is 0 Å². The number of hydrogen-bond donors (Lipinski definition) is 0. The number of nitrogens with zero attached hydrogens (tertiary/aromatic N) is 1. The minimum Gasteiger partial charge on any atom is -0.367 e. The van der Waals surface area contributed by atoms with Crippen molar-refractivity contribution in [1.29, 1.82) is 0 Å². The lowest BCUT2D eigenvalue weighted by molar-refractivity contribution is -0.204. The lowest BCUT2D eigenvalue weighted by Gasteiger charge is -2.02. The van der Waals surface area contributed by atoms with Crippen molar-refractivity contribution >= 4 is 0 Å². The Balaban J connectivity index is 2.42. The highest BCUT2D eigenvalue weighted by Gasteiger charge is 2.17. The van der Waals surface area contributed by atoms with Gasteiger partial charge in [-0.25, -0.2) is 0 Å². The zero-order chi connectivity index (χ0) is 6.97. The predicted octanol–water partition coefficient (Wildman–Crippen LogP) is 1.22. The van der Waals surface area contributed by atoms with E-state index in [9.17, 15) is 0 Å². The van der Waals surface area contributed by atoms with Gasteiger partial charge in [0.25, 0.3) is 0 Å². The van der Waals surface area contributed by atoms with E-state index in [0.717, 1.165) is 11.5 Å². The van der Waals surface area contributed by atoms with Crippen LogP contribution in [0.2, 0.25) is 0 Å². The maximum atomic E-state index is 5.12. The minimum atomic E-state index is 0.769. The summed E-state index contributed by atoms with van der Waals surface area (Å²) in [5.41, 5.74) is 0. The van der Waals surface area contributed by atoms with Gasteiger partial charge in [0.05, 0.1) is 7.05 Å². The van der Waals surface area contributed by atoms with E-state index in [1.54, 1.807) is 7.05 Å². The maximum Gasteiger partial charge on any atom is 0.196 e. The van der Waals surface area contributed by atoms with Crippen LogP contribution in [0.1, 0.15) is 0 Å². The summed E-state index contributed by atoms with van der Waals surface area (Å²) < 4.78 is 0. The predicted molar refractivity (Wildman–Crippen MR) is 35.5 cm³/mol. The molecule has 1 heterocycles. The number of hydroxylamine groups is 2. The molecule has 52 valence electrons. The molecule has 1 aliphatic heterocycles. The number of hydrogen-bond acceptors (Lipinski definition) is 3. The molecule has 0 fully saturated rings. The second-order valence-corrected chi connectivity index (χ2v) is 2.07. The zero-order valence-corrected chi connectivity index (χ0v) is 5.57. The molecule has 0 radical (unpaired) electrons. The van der Waals surface area contributed by atoms with Gasteiger partial charge >= 0.3 is 0 Å². The summed E-state index contributed by atoms with van der Waals surface area (Å²) in [6.07, 6.45) is 0. The number of para-hydroxylation sites is 2. The lowest BCUT2D eigenvalue weighted by Crippen LogP contribution is -2.19. The van der Waals surface area contributed by atoms with Crippen molar-refractivity contribution in [2.45, 2.75) is 0 Å². The molecule has 0 amide bonds. The van der Waals surface area contributed by atoms with Crippen LogP contribution in [0.4, 0.5) is 0 Å².